The average molecular weight is 375 g/mol. The van der Waals surface area contributed by atoms with Crippen molar-refractivity contribution in [2.75, 3.05) is 20.8 Å². The van der Waals surface area contributed by atoms with E-state index in [4.69, 9.17) is 9.47 Å². The Morgan fingerprint density at radius 1 is 1.15 bits per heavy atom. The zero-order chi connectivity index (χ0) is 18.8. The Labute approximate surface area is 156 Å². The summed E-state index contributed by atoms with van der Waals surface area (Å²) < 4.78 is 10.4. The molecule has 2 amide bonds. The molecule has 138 valence electrons. The van der Waals surface area contributed by atoms with Gasteiger partial charge in [0, 0.05) is 11.4 Å². The van der Waals surface area contributed by atoms with Gasteiger partial charge in [0.05, 0.1) is 20.4 Å². The van der Waals surface area contributed by atoms with Crippen molar-refractivity contribution in [1.82, 2.24) is 10.7 Å². The third-order valence-electron chi connectivity index (χ3n) is 3.43. The van der Waals surface area contributed by atoms with Crippen LogP contribution in [0.25, 0.3) is 0 Å². The third-order valence-corrected chi connectivity index (χ3v) is 4.24. The van der Waals surface area contributed by atoms with E-state index in [1.54, 1.807) is 14.2 Å². The second-order valence-corrected chi connectivity index (χ2v) is 6.25. The van der Waals surface area contributed by atoms with E-state index in [0.29, 0.717) is 24.5 Å². The number of hydrogen-bond donors (Lipinski definition) is 2. The highest BCUT2D eigenvalue weighted by molar-refractivity contribution is 7.11. The molecule has 0 saturated heterocycles. The Morgan fingerprint density at radius 2 is 1.96 bits per heavy atom. The molecule has 2 N–H and O–H groups in total. The zero-order valence-electron chi connectivity index (χ0n) is 14.7. The van der Waals surface area contributed by atoms with E-state index in [1.165, 1.54) is 17.6 Å². The van der Waals surface area contributed by atoms with Crippen molar-refractivity contribution >= 4 is 29.4 Å². The maximum Gasteiger partial charge on any atom is 0.249 e. The van der Waals surface area contributed by atoms with E-state index in [0.717, 1.165) is 10.4 Å². The van der Waals surface area contributed by atoms with Gasteiger partial charge in [-0.3, -0.25) is 9.59 Å². The Morgan fingerprint density at radius 3 is 2.65 bits per heavy atom. The van der Waals surface area contributed by atoms with Crippen LogP contribution in [0.3, 0.4) is 0 Å². The SMILES string of the molecule is COc1ccc(CCNC(=O)CC(=O)N/N=C\c2cccs2)cc1OC. The summed E-state index contributed by atoms with van der Waals surface area (Å²) in [6, 6.07) is 9.34. The summed E-state index contributed by atoms with van der Waals surface area (Å²) in [4.78, 5) is 24.4. The first kappa shape index (κ1) is 19.5. The minimum absolute atomic E-state index is 0.270. The quantitative estimate of drug-likeness (QED) is 0.398. The van der Waals surface area contributed by atoms with Crippen LogP contribution in [-0.4, -0.2) is 38.8 Å². The highest BCUT2D eigenvalue weighted by Crippen LogP contribution is 2.27. The van der Waals surface area contributed by atoms with Crippen molar-refractivity contribution in [2.24, 2.45) is 5.10 Å². The second-order valence-electron chi connectivity index (χ2n) is 5.27. The Balaban J connectivity index is 1.70. The van der Waals surface area contributed by atoms with Gasteiger partial charge in [-0.25, -0.2) is 5.43 Å². The lowest BCUT2D eigenvalue weighted by Gasteiger charge is -2.10. The van der Waals surface area contributed by atoms with Gasteiger partial charge >= 0.3 is 0 Å². The van der Waals surface area contributed by atoms with Crippen molar-refractivity contribution in [3.63, 3.8) is 0 Å². The molecule has 1 aromatic heterocycles. The monoisotopic (exact) mass is 375 g/mol. The summed E-state index contributed by atoms with van der Waals surface area (Å²) in [5, 5.41) is 8.43. The van der Waals surface area contributed by atoms with Gasteiger partial charge in [0.2, 0.25) is 11.8 Å². The van der Waals surface area contributed by atoms with Gasteiger partial charge in [-0.2, -0.15) is 5.10 Å². The molecular weight excluding hydrogens is 354 g/mol. The maximum absolute atomic E-state index is 11.8. The summed E-state index contributed by atoms with van der Waals surface area (Å²) >= 11 is 1.51. The first-order valence-electron chi connectivity index (χ1n) is 7.95. The first-order valence-corrected chi connectivity index (χ1v) is 8.83. The summed E-state index contributed by atoms with van der Waals surface area (Å²) in [7, 11) is 3.15. The number of nitrogens with zero attached hydrogens (tertiary/aromatic N) is 1. The first-order chi connectivity index (χ1) is 12.6. The van der Waals surface area contributed by atoms with Crippen LogP contribution in [0.5, 0.6) is 11.5 Å². The molecule has 0 saturated carbocycles. The van der Waals surface area contributed by atoms with Gasteiger partial charge in [-0.15, -0.1) is 11.3 Å². The second kappa shape index (κ2) is 10.2. The minimum Gasteiger partial charge on any atom is -0.493 e. The van der Waals surface area contributed by atoms with Gasteiger partial charge in [0.15, 0.2) is 11.5 Å². The van der Waals surface area contributed by atoms with Crippen LogP contribution in [0.4, 0.5) is 0 Å². The van der Waals surface area contributed by atoms with Crippen molar-refractivity contribution in [3.8, 4) is 11.5 Å². The van der Waals surface area contributed by atoms with Crippen molar-refractivity contribution in [1.29, 1.82) is 0 Å². The van der Waals surface area contributed by atoms with Crippen molar-refractivity contribution in [2.45, 2.75) is 12.8 Å². The number of nitrogens with one attached hydrogen (secondary N) is 2. The number of methoxy groups -OCH3 is 2. The molecule has 2 rings (SSSR count). The molecule has 0 atom stereocenters. The number of ether oxygens (including phenoxy) is 2. The summed E-state index contributed by atoms with van der Waals surface area (Å²) in [5.74, 6) is 0.482. The number of hydrogen-bond acceptors (Lipinski definition) is 6. The molecule has 1 heterocycles. The molecule has 0 aliphatic carbocycles. The number of rotatable bonds is 9. The minimum atomic E-state index is -0.457. The predicted molar refractivity (Wildman–Crippen MR) is 101 cm³/mol. The lowest BCUT2D eigenvalue weighted by atomic mass is 10.1. The molecule has 26 heavy (non-hydrogen) atoms. The number of carbonyl (C=O) groups is 2. The van der Waals surface area contributed by atoms with Crippen LogP contribution >= 0.6 is 11.3 Å². The number of thiophene rings is 1. The topological polar surface area (TPSA) is 89.0 Å². The Bertz CT molecular complexity index is 760. The third kappa shape index (κ3) is 6.21. The van der Waals surface area contributed by atoms with Crippen LogP contribution in [0.1, 0.15) is 16.9 Å². The van der Waals surface area contributed by atoms with Crippen molar-refractivity contribution in [3.05, 3.63) is 46.2 Å². The fourth-order valence-electron chi connectivity index (χ4n) is 2.16. The van der Waals surface area contributed by atoms with Gasteiger partial charge in [0.1, 0.15) is 6.42 Å². The molecule has 0 radical (unpaired) electrons. The van der Waals surface area contributed by atoms with Crippen molar-refractivity contribution < 1.29 is 19.1 Å². The fraction of sp³-hybridized carbons (Fsp3) is 0.278. The van der Waals surface area contributed by atoms with E-state index in [-0.39, 0.29) is 12.3 Å². The molecule has 0 bridgehead atoms. The molecule has 0 unspecified atom stereocenters. The Hall–Kier alpha value is -2.87. The molecule has 2 aromatic rings. The van der Waals surface area contributed by atoms with Gasteiger partial charge in [0.25, 0.3) is 0 Å². The average Bonchev–Trinajstić information content (AvgIpc) is 3.15. The van der Waals surface area contributed by atoms with Gasteiger partial charge in [-0.1, -0.05) is 12.1 Å². The highest BCUT2D eigenvalue weighted by atomic mass is 32.1. The molecular formula is C18H21N3O4S. The normalized spacial score (nSPS) is 10.5. The maximum atomic E-state index is 11.8. The van der Waals surface area contributed by atoms with Crippen LogP contribution < -0.4 is 20.2 Å². The van der Waals surface area contributed by atoms with Crippen LogP contribution in [0.15, 0.2) is 40.8 Å². The molecule has 7 nitrogen and oxygen atoms in total. The predicted octanol–water partition coefficient (Wildman–Crippen LogP) is 1.96. The van der Waals surface area contributed by atoms with E-state index in [2.05, 4.69) is 15.8 Å². The Kier molecular flexibility index (Phi) is 7.63. The lowest BCUT2D eigenvalue weighted by molar-refractivity contribution is -0.129. The summed E-state index contributed by atoms with van der Waals surface area (Å²) in [6.07, 6.45) is 1.88. The van der Waals surface area contributed by atoms with Crippen LogP contribution in [0, 0.1) is 0 Å². The van der Waals surface area contributed by atoms with Gasteiger partial charge in [-0.05, 0) is 35.6 Å². The number of amides is 2. The number of benzene rings is 1. The van der Waals surface area contributed by atoms with Gasteiger partial charge < -0.3 is 14.8 Å². The standard InChI is InChI=1S/C18H21N3O4S/c1-24-15-6-5-13(10-16(15)25-2)7-8-19-17(22)11-18(23)21-20-12-14-4-3-9-26-14/h3-6,9-10,12H,7-8,11H2,1-2H3,(H,19,22)(H,21,23)/b20-12-. The van der Waals surface area contributed by atoms with E-state index in [9.17, 15) is 9.59 Å². The summed E-state index contributed by atoms with van der Waals surface area (Å²) in [6.45, 7) is 0.417. The number of carbonyl (C=O) groups excluding carboxylic acids is 2. The molecule has 8 heteroatoms. The molecule has 0 aliphatic rings. The largest absolute Gasteiger partial charge is 0.493 e. The van der Waals surface area contributed by atoms with Crippen LogP contribution in [-0.2, 0) is 16.0 Å². The molecule has 1 aromatic carbocycles. The summed E-state index contributed by atoms with van der Waals surface area (Å²) in [5.41, 5.74) is 3.33. The highest BCUT2D eigenvalue weighted by Gasteiger charge is 2.09. The zero-order valence-corrected chi connectivity index (χ0v) is 15.5. The lowest BCUT2D eigenvalue weighted by Crippen LogP contribution is -2.31. The smallest absolute Gasteiger partial charge is 0.249 e. The van der Waals surface area contributed by atoms with E-state index in [1.807, 2.05) is 35.7 Å². The van der Waals surface area contributed by atoms with E-state index < -0.39 is 5.91 Å². The van der Waals surface area contributed by atoms with Crippen LogP contribution in [0.2, 0.25) is 0 Å². The molecule has 0 fully saturated rings. The number of hydrazone groups is 1. The fourth-order valence-corrected chi connectivity index (χ4v) is 2.75. The van der Waals surface area contributed by atoms with E-state index >= 15 is 0 Å². The molecule has 0 aliphatic heterocycles. The molecule has 0 spiro atoms.